The van der Waals surface area contributed by atoms with Gasteiger partial charge in [0.25, 0.3) is 10.0 Å². The summed E-state index contributed by atoms with van der Waals surface area (Å²) in [5, 5.41) is 0. The first-order valence-corrected chi connectivity index (χ1v) is 10.6. The predicted molar refractivity (Wildman–Crippen MR) is 97.0 cm³/mol. The largest absolute Gasteiger partial charge is 0.279 e. The Morgan fingerprint density at radius 2 is 1.62 bits per heavy atom. The molecule has 0 unspecified atom stereocenters. The van der Waals surface area contributed by atoms with Crippen LogP contribution in [0.1, 0.15) is 5.56 Å². The Bertz CT molecular complexity index is 971. The Kier molecular flexibility index (Phi) is 5.38. The molecule has 0 aliphatic carbocycles. The zero-order valence-corrected chi connectivity index (χ0v) is 16.5. The smallest absolute Gasteiger partial charge is 0.261 e. The second-order valence-electron chi connectivity index (χ2n) is 5.33. The van der Waals surface area contributed by atoms with E-state index >= 15 is 0 Å². The molecule has 0 aromatic heterocycles. The molecule has 2 rings (SSSR count). The molecule has 0 fully saturated rings. The molecule has 1 N–H and O–H groups in total. The average molecular weight is 433 g/mol. The number of nitrogens with zero attached hydrogens (tertiary/aromatic N) is 1. The van der Waals surface area contributed by atoms with Crippen LogP contribution in [0.25, 0.3) is 0 Å². The molecule has 9 heteroatoms. The van der Waals surface area contributed by atoms with Gasteiger partial charge in [0.1, 0.15) is 0 Å². The van der Waals surface area contributed by atoms with E-state index in [0.29, 0.717) is 10.0 Å². The Hall–Kier alpha value is -1.42. The molecule has 2 aromatic rings. The van der Waals surface area contributed by atoms with E-state index in [9.17, 15) is 16.8 Å². The number of aryl methyl sites for hydroxylation is 1. The molecular formula is C15H17BrN2O4S2. The maximum absolute atomic E-state index is 12.5. The Balaban J connectivity index is 2.47. The van der Waals surface area contributed by atoms with Crippen LogP contribution in [0.3, 0.4) is 0 Å². The number of rotatable bonds is 5. The Morgan fingerprint density at radius 3 is 2.21 bits per heavy atom. The summed E-state index contributed by atoms with van der Waals surface area (Å²) in [4.78, 5) is 0.0992. The summed E-state index contributed by atoms with van der Waals surface area (Å²) in [7, 11) is -4.65. The van der Waals surface area contributed by atoms with Gasteiger partial charge >= 0.3 is 0 Å². The lowest BCUT2D eigenvalue weighted by atomic mass is 10.2. The number of hydrogen-bond acceptors (Lipinski definition) is 4. The highest BCUT2D eigenvalue weighted by molar-refractivity contribution is 9.10. The van der Waals surface area contributed by atoms with E-state index in [2.05, 4.69) is 20.7 Å². The Labute approximate surface area is 150 Å². The van der Waals surface area contributed by atoms with Gasteiger partial charge in [-0.25, -0.2) is 21.1 Å². The highest BCUT2D eigenvalue weighted by atomic mass is 79.9. The van der Waals surface area contributed by atoms with E-state index in [1.807, 2.05) is 0 Å². The van der Waals surface area contributed by atoms with Crippen molar-refractivity contribution in [3.63, 3.8) is 0 Å². The quantitative estimate of drug-likeness (QED) is 0.786. The van der Waals surface area contributed by atoms with Crippen LogP contribution in [-0.2, 0) is 20.0 Å². The van der Waals surface area contributed by atoms with Crippen molar-refractivity contribution in [2.75, 3.05) is 18.8 Å². The van der Waals surface area contributed by atoms with Crippen molar-refractivity contribution < 1.29 is 16.8 Å². The molecule has 130 valence electrons. The first-order valence-electron chi connectivity index (χ1n) is 6.85. The number of hydrogen-bond donors (Lipinski definition) is 1. The van der Waals surface area contributed by atoms with Crippen LogP contribution in [0.5, 0.6) is 0 Å². The lowest BCUT2D eigenvalue weighted by Gasteiger charge is -2.15. The van der Waals surface area contributed by atoms with Gasteiger partial charge in [0.05, 0.1) is 15.5 Å². The van der Waals surface area contributed by atoms with E-state index in [4.69, 9.17) is 0 Å². The van der Waals surface area contributed by atoms with Gasteiger partial charge in [-0.1, -0.05) is 28.1 Å². The lowest BCUT2D eigenvalue weighted by molar-refractivity contribution is 0.520. The molecule has 0 saturated carbocycles. The standard InChI is InChI=1S/C15H17BrN2O4S2/c1-11-7-8-14(24(21,22)18(2)3)10-15(11)17-23(19,20)13-6-4-5-12(16)9-13/h4-10,17H,1-3H3. The van der Waals surface area contributed by atoms with E-state index < -0.39 is 20.0 Å². The van der Waals surface area contributed by atoms with Gasteiger partial charge in [-0.3, -0.25) is 4.72 Å². The van der Waals surface area contributed by atoms with Crippen molar-refractivity contribution in [1.29, 1.82) is 0 Å². The fourth-order valence-corrected chi connectivity index (χ4v) is 4.57. The average Bonchev–Trinajstić information content (AvgIpc) is 2.49. The van der Waals surface area contributed by atoms with E-state index in [1.54, 1.807) is 25.1 Å². The monoisotopic (exact) mass is 432 g/mol. The van der Waals surface area contributed by atoms with Crippen LogP contribution >= 0.6 is 15.9 Å². The topological polar surface area (TPSA) is 83.6 Å². The molecule has 0 amide bonds. The maximum atomic E-state index is 12.5. The lowest BCUT2D eigenvalue weighted by Crippen LogP contribution is -2.22. The molecule has 2 aromatic carbocycles. The summed E-state index contributed by atoms with van der Waals surface area (Å²) in [5.41, 5.74) is 0.837. The third kappa shape index (κ3) is 3.97. The van der Waals surface area contributed by atoms with Gasteiger partial charge in [0.15, 0.2) is 0 Å². The molecule has 6 nitrogen and oxygen atoms in total. The van der Waals surface area contributed by atoms with E-state index in [1.165, 1.54) is 38.4 Å². The third-order valence-corrected chi connectivity index (χ3v) is 7.01. The minimum Gasteiger partial charge on any atom is -0.279 e. The van der Waals surface area contributed by atoms with Crippen molar-refractivity contribution in [2.45, 2.75) is 16.7 Å². The summed E-state index contributed by atoms with van der Waals surface area (Å²) < 4.78 is 53.6. The first kappa shape index (κ1) is 18.9. The number of halogens is 1. The Morgan fingerprint density at radius 1 is 0.958 bits per heavy atom. The summed E-state index contributed by atoms with van der Waals surface area (Å²) in [5.74, 6) is 0. The number of sulfonamides is 2. The van der Waals surface area contributed by atoms with Crippen LogP contribution in [0, 0.1) is 6.92 Å². The summed E-state index contributed by atoms with van der Waals surface area (Å²) in [6.45, 7) is 1.70. The molecule has 0 aliphatic heterocycles. The zero-order valence-electron chi connectivity index (χ0n) is 13.3. The van der Waals surface area contributed by atoms with Crippen molar-refractivity contribution in [3.05, 3.63) is 52.5 Å². The number of anilines is 1. The van der Waals surface area contributed by atoms with Crippen molar-refractivity contribution in [3.8, 4) is 0 Å². The number of benzene rings is 2. The van der Waals surface area contributed by atoms with Gasteiger partial charge in [0.2, 0.25) is 10.0 Å². The highest BCUT2D eigenvalue weighted by Crippen LogP contribution is 2.25. The molecular weight excluding hydrogens is 416 g/mol. The van der Waals surface area contributed by atoms with E-state index in [-0.39, 0.29) is 15.5 Å². The second kappa shape index (κ2) is 6.83. The third-order valence-electron chi connectivity index (χ3n) is 3.34. The molecule has 0 spiro atoms. The summed E-state index contributed by atoms with van der Waals surface area (Å²) >= 11 is 3.23. The molecule has 0 saturated heterocycles. The number of nitrogens with one attached hydrogen (secondary N) is 1. The van der Waals surface area contributed by atoms with Gasteiger partial charge in [-0.2, -0.15) is 0 Å². The van der Waals surface area contributed by atoms with Gasteiger partial charge in [-0.05, 0) is 42.8 Å². The van der Waals surface area contributed by atoms with Gasteiger partial charge in [-0.15, -0.1) is 0 Å². The maximum Gasteiger partial charge on any atom is 0.261 e. The summed E-state index contributed by atoms with van der Waals surface area (Å²) in [6, 6.07) is 10.6. The fourth-order valence-electron chi connectivity index (χ4n) is 1.92. The van der Waals surface area contributed by atoms with Crippen LogP contribution < -0.4 is 4.72 Å². The first-order chi connectivity index (χ1) is 11.0. The highest BCUT2D eigenvalue weighted by Gasteiger charge is 2.20. The van der Waals surface area contributed by atoms with Crippen molar-refractivity contribution in [1.82, 2.24) is 4.31 Å². The van der Waals surface area contributed by atoms with Gasteiger partial charge in [0, 0.05) is 18.6 Å². The molecule has 0 atom stereocenters. The van der Waals surface area contributed by atoms with Crippen LogP contribution in [0.15, 0.2) is 56.7 Å². The van der Waals surface area contributed by atoms with Crippen LogP contribution in [-0.4, -0.2) is 35.2 Å². The molecule has 24 heavy (non-hydrogen) atoms. The van der Waals surface area contributed by atoms with E-state index in [0.717, 1.165) is 4.31 Å². The molecule has 0 aliphatic rings. The van der Waals surface area contributed by atoms with Gasteiger partial charge < -0.3 is 0 Å². The van der Waals surface area contributed by atoms with Crippen LogP contribution in [0.4, 0.5) is 5.69 Å². The molecule has 0 bridgehead atoms. The molecule has 0 heterocycles. The fraction of sp³-hybridized carbons (Fsp3) is 0.200. The normalized spacial score (nSPS) is 12.4. The van der Waals surface area contributed by atoms with Crippen LogP contribution in [0.2, 0.25) is 0 Å². The zero-order chi connectivity index (χ0) is 18.1. The predicted octanol–water partition coefficient (Wildman–Crippen LogP) is 2.81. The minimum atomic E-state index is -3.83. The van der Waals surface area contributed by atoms with Crippen molar-refractivity contribution in [2.24, 2.45) is 0 Å². The SMILES string of the molecule is Cc1ccc(S(=O)(=O)N(C)C)cc1NS(=O)(=O)c1cccc(Br)c1. The minimum absolute atomic E-state index is 0.0186. The summed E-state index contributed by atoms with van der Waals surface area (Å²) in [6.07, 6.45) is 0. The van der Waals surface area contributed by atoms with Crippen molar-refractivity contribution >= 4 is 41.7 Å². The second-order valence-corrected chi connectivity index (χ2v) is 10.1. The molecule has 0 radical (unpaired) electrons.